The number of hydrogen-bond acceptors (Lipinski definition) is 4. The molecule has 2 aromatic rings. The van der Waals surface area contributed by atoms with Crippen LogP contribution in [-0.2, 0) is 0 Å². The summed E-state index contributed by atoms with van der Waals surface area (Å²) in [4.78, 5) is 22.6. The van der Waals surface area contributed by atoms with E-state index in [1.54, 1.807) is 29.6 Å². The van der Waals surface area contributed by atoms with Crippen molar-refractivity contribution in [1.29, 1.82) is 0 Å². The molecule has 1 fully saturated rings. The summed E-state index contributed by atoms with van der Waals surface area (Å²) in [6, 6.07) is 7.54. The second-order valence-corrected chi connectivity index (χ2v) is 5.76. The van der Waals surface area contributed by atoms with Crippen molar-refractivity contribution in [3.63, 3.8) is 0 Å². The quantitative estimate of drug-likeness (QED) is 0.935. The lowest BCUT2D eigenvalue weighted by atomic mass is 9.90. The van der Waals surface area contributed by atoms with Crippen LogP contribution in [0.3, 0.4) is 0 Å². The zero-order chi connectivity index (χ0) is 15.5. The molecule has 1 saturated heterocycles. The van der Waals surface area contributed by atoms with Crippen molar-refractivity contribution in [2.75, 3.05) is 19.7 Å². The van der Waals surface area contributed by atoms with Crippen LogP contribution in [0.2, 0.25) is 0 Å². The third-order valence-electron chi connectivity index (χ3n) is 4.23. The fourth-order valence-corrected chi connectivity index (χ4v) is 2.97. The van der Waals surface area contributed by atoms with E-state index < -0.39 is 0 Å². The Bertz CT molecular complexity index is 643. The molecule has 2 atom stereocenters. The summed E-state index contributed by atoms with van der Waals surface area (Å²) in [6.07, 6.45) is 5.19. The number of aryl methyl sites for hydroxylation is 1. The van der Waals surface area contributed by atoms with Crippen LogP contribution in [0.4, 0.5) is 0 Å². The smallest absolute Gasteiger partial charge is 0.272 e. The number of amides is 1. The highest BCUT2D eigenvalue weighted by Gasteiger charge is 2.36. The Hall–Kier alpha value is -2.27. The van der Waals surface area contributed by atoms with Crippen LogP contribution >= 0.6 is 0 Å². The predicted octanol–water partition coefficient (Wildman–Crippen LogP) is 1.63. The van der Waals surface area contributed by atoms with Crippen molar-refractivity contribution in [3.05, 3.63) is 59.7 Å². The van der Waals surface area contributed by atoms with Crippen LogP contribution in [0, 0.1) is 12.8 Å². The van der Waals surface area contributed by atoms with Crippen molar-refractivity contribution in [2.24, 2.45) is 5.92 Å². The molecule has 0 bridgehead atoms. The molecule has 0 aromatic carbocycles. The topological polar surface area (TPSA) is 66.3 Å². The number of nitrogens with zero attached hydrogens (tertiary/aromatic N) is 3. The molecule has 0 spiro atoms. The van der Waals surface area contributed by atoms with Crippen LogP contribution in [0.15, 0.2) is 42.9 Å². The van der Waals surface area contributed by atoms with Gasteiger partial charge in [0, 0.05) is 50.1 Å². The summed E-state index contributed by atoms with van der Waals surface area (Å²) in [5, 5.41) is 9.64. The first-order valence-electron chi connectivity index (χ1n) is 7.41. The Kier molecular flexibility index (Phi) is 4.15. The third kappa shape index (κ3) is 2.85. The first kappa shape index (κ1) is 14.7. The summed E-state index contributed by atoms with van der Waals surface area (Å²) >= 11 is 0. The zero-order valence-corrected chi connectivity index (χ0v) is 12.5. The summed E-state index contributed by atoms with van der Waals surface area (Å²) in [5.74, 6) is 0.120. The molecule has 3 heterocycles. The highest BCUT2D eigenvalue weighted by molar-refractivity contribution is 5.92. The highest BCUT2D eigenvalue weighted by atomic mass is 16.3. The zero-order valence-electron chi connectivity index (χ0n) is 12.5. The number of aliphatic hydroxyl groups excluding tert-OH is 1. The number of aromatic nitrogens is 2. The molecule has 0 radical (unpaired) electrons. The van der Waals surface area contributed by atoms with Crippen LogP contribution in [-0.4, -0.2) is 45.6 Å². The maximum absolute atomic E-state index is 12.6. The van der Waals surface area contributed by atoms with Crippen LogP contribution < -0.4 is 0 Å². The number of carbonyl (C=O) groups is 1. The Labute approximate surface area is 129 Å². The minimum atomic E-state index is -0.0741. The number of rotatable bonds is 3. The molecule has 1 aliphatic heterocycles. The Balaban J connectivity index is 1.79. The lowest BCUT2D eigenvalue weighted by Crippen LogP contribution is -2.30. The SMILES string of the molecule is Cc1ccc(C(=O)N2C[C@@H](CO)[C@H](c3ccncc3)C2)nc1. The standard InChI is InChI=1S/C17H19N3O2/c1-12-2-3-16(19-8-12)17(22)20-9-14(11-21)15(10-20)13-4-6-18-7-5-13/h2-8,14-15,21H,9-11H2,1H3/t14-,15-/m0/s1. The van der Waals surface area contributed by atoms with Crippen LogP contribution in [0.1, 0.15) is 27.5 Å². The number of likely N-dealkylation sites (tertiary alicyclic amines) is 1. The largest absolute Gasteiger partial charge is 0.396 e. The molecule has 0 saturated carbocycles. The molecular weight excluding hydrogens is 278 g/mol. The van der Waals surface area contributed by atoms with Gasteiger partial charge in [0.15, 0.2) is 0 Å². The monoisotopic (exact) mass is 297 g/mol. The molecule has 1 N–H and O–H groups in total. The molecule has 5 nitrogen and oxygen atoms in total. The van der Waals surface area contributed by atoms with E-state index in [4.69, 9.17) is 0 Å². The van der Waals surface area contributed by atoms with E-state index in [-0.39, 0.29) is 24.3 Å². The van der Waals surface area contributed by atoms with Gasteiger partial charge >= 0.3 is 0 Å². The van der Waals surface area contributed by atoms with Gasteiger partial charge in [0.1, 0.15) is 5.69 Å². The van der Waals surface area contributed by atoms with Gasteiger partial charge in [-0.25, -0.2) is 0 Å². The number of carbonyl (C=O) groups excluding carboxylic acids is 1. The molecule has 3 rings (SSSR count). The van der Waals surface area contributed by atoms with Gasteiger partial charge in [-0.1, -0.05) is 6.07 Å². The van der Waals surface area contributed by atoms with Crippen molar-refractivity contribution < 1.29 is 9.90 Å². The van der Waals surface area contributed by atoms with Gasteiger partial charge in [0.2, 0.25) is 0 Å². The summed E-state index contributed by atoms with van der Waals surface area (Å²) in [7, 11) is 0. The van der Waals surface area contributed by atoms with E-state index in [1.807, 2.05) is 25.1 Å². The van der Waals surface area contributed by atoms with Crippen molar-refractivity contribution in [2.45, 2.75) is 12.8 Å². The number of aliphatic hydroxyl groups is 1. The van der Waals surface area contributed by atoms with Gasteiger partial charge < -0.3 is 10.0 Å². The first-order valence-corrected chi connectivity index (χ1v) is 7.41. The van der Waals surface area contributed by atoms with Gasteiger partial charge in [0.05, 0.1) is 0 Å². The maximum Gasteiger partial charge on any atom is 0.272 e. The Morgan fingerprint density at radius 2 is 2.05 bits per heavy atom. The molecule has 2 aromatic heterocycles. The fraction of sp³-hybridized carbons (Fsp3) is 0.353. The van der Waals surface area contributed by atoms with E-state index in [9.17, 15) is 9.90 Å². The Morgan fingerprint density at radius 3 is 2.68 bits per heavy atom. The normalized spacial score (nSPS) is 21.1. The van der Waals surface area contributed by atoms with Gasteiger partial charge in [-0.05, 0) is 36.2 Å². The highest BCUT2D eigenvalue weighted by Crippen LogP contribution is 2.32. The van der Waals surface area contributed by atoms with Crippen molar-refractivity contribution in [1.82, 2.24) is 14.9 Å². The average Bonchev–Trinajstić information content (AvgIpc) is 3.00. The molecule has 114 valence electrons. The molecule has 22 heavy (non-hydrogen) atoms. The summed E-state index contributed by atoms with van der Waals surface area (Å²) < 4.78 is 0. The molecule has 1 amide bonds. The van der Waals surface area contributed by atoms with Gasteiger partial charge in [-0.3, -0.25) is 14.8 Å². The van der Waals surface area contributed by atoms with Crippen LogP contribution in [0.5, 0.6) is 0 Å². The molecular formula is C17H19N3O2. The minimum Gasteiger partial charge on any atom is -0.396 e. The Morgan fingerprint density at radius 1 is 1.27 bits per heavy atom. The van der Waals surface area contributed by atoms with Crippen LogP contribution in [0.25, 0.3) is 0 Å². The minimum absolute atomic E-state index is 0.0526. The number of hydrogen-bond donors (Lipinski definition) is 1. The van der Waals surface area contributed by atoms with Gasteiger partial charge in [-0.2, -0.15) is 0 Å². The lowest BCUT2D eigenvalue weighted by molar-refractivity contribution is 0.0775. The third-order valence-corrected chi connectivity index (χ3v) is 4.23. The van der Waals surface area contributed by atoms with E-state index in [1.165, 1.54) is 0 Å². The van der Waals surface area contributed by atoms with Crippen molar-refractivity contribution >= 4 is 5.91 Å². The van der Waals surface area contributed by atoms with E-state index in [2.05, 4.69) is 9.97 Å². The number of pyridine rings is 2. The lowest BCUT2D eigenvalue weighted by Gasteiger charge is -2.16. The molecule has 1 aliphatic rings. The van der Waals surface area contributed by atoms with Gasteiger partial charge in [0.25, 0.3) is 5.91 Å². The van der Waals surface area contributed by atoms with E-state index >= 15 is 0 Å². The second-order valence-electron chi connectivity index (χ2n) is 5.76. The van der Waals surface area contributed by atoms with E-state index in [0.717, 1.165) is 11.1 Å². The summed E-state index contributed by atoms with van der Waals surface area (Å²) in [6.45, 7) is 3.16. The predicted molar refractivity (Wildman–Crippen MR) is 82.4 cm³/mol. The van der Waals surface area contributed by atoms with E-state index in [0.29, 0.717) is 18.8 Å². The fourth-order valence-electron chi connectivity index (χ4n) is 2.97. The summed E-state index contributed by atoms with van der Waals surface area (Å²) in [5.41, 5.74) is 2.60. The molecule has 5 heteroatoms. The first-order chi connectivity index (χ1) is 10.7. The second kappa shape index (κ2) is 6.23. The average molecular weight is 297 g/mol. The molecule has 0 unspecified atom stereocenters. The maximum atomic E-state index is 12.6. The van der Waals surface area contributed by atoms with Crippen molar-refractivity contribution in [3.8, 4) is 0 Å². The van der Waals surface area contributed by atoms with Gasteiger partial charge in [-0.15, -0.1) is 0 Å². The molecule has 0 aliphatic carbocycles.